The Morgan fingerprint density at radius 3 is 2.50 bits per heavy atom. The summed E-state index contributed by atoms with van der Waals surface area (Å²) in [7, 11) is 0. The largest absolute Gasteiger partial charge is 0.380 e. The van der Waals surface area contributed by atoms with Gasteiger partial charge >= 0.3 is 0 Å². The summed E-state index contributed by atoms with van der Waals surface area (Å²) in [6, 6.07) is 18.8. The van der Waals surface area contributed by atoms with E-state index in [9.17, 15) is 0 Å². The van der Waals surface area contributed by atoms with Crippen LogP contribution in [0.4, 0.5) is 5.69 Å². The zero-order chi connectivity index (χ0) is 13.8. The number of hydrogen-bond acceptors (Lipinski definition) is 2. The number of rotatable bonds is 4. The fourth-order valence-electron chi connectivity index (χ4n) is 2.52. The van der Waals surface area contributed by atoms with Crippen molar-refractivity contribution in [2.75, 3.05) is 5.32 Å². The number of benzene rings is 2. The molecular weight excluding hydrogens is 244 g/mol. The first-order valence-electron chi connectivity index (χ1n) is 7.03. The molecular formula is C18H18N2. The fraction of sp³-hybridized carbons (Fsp3) is 0.167. The second-order valence-electron chi connectivity index (χ2n) is 4.85. The molecule has 1 heterocycles. The van der Waals surface area contributed by atoms with Gasteiger partial charge in [0.2, 0.25) is 0 Å². The summed E-state index contributed by atoms with van der Waals surface area (Å²) in [6.07, 6.45) is 2.92. The summed E-state index contributed by atoms with van der Waals surface area (Å²) in [5.74, 6) is 0. The average Bonchev–Trinajstić information content (AvgIpc) is 2.53. The van der Waals surface area contributed by atoms with Gasteiger partial charge in [0.05, 0.1) is 5.52 Å². The molecule has 0 unspecified atom stereocenters. The van der Waals surface area contributed by atoms with E-state index in [-0.39, 0.29) is 0 Å². The van der Waals surface area contributed by atoms with E-state index >= 15 is 0 Å². The number of pyridine rings is 1. The number of aryl methyl sites for hydroxylation is 1. The summed E-state index contributed by atoms with van der Waals surface area (Å²) < 4.78 is 0. The van der Waals surface area contributed by atoms with Crippen molar-refractivity contribution in [2.24, 2.45) is 0 Å². The summed E-state index contributed by atoms with van der Waals surface area (Å²) >= 11 is 0. The minimum atomic E-state index is 0.845. The molecule has 0 spiro atoms. The number of nitrogens with one attached hydrogen (secondary N) is 1. The Labute approximate surface area is 119 Å². The summed E-state index contributed by atoms with van der Waals surface area (Å²) in [6.45, 7) is 3.04. The van der Waals surface area contributed by atoms with Crippen LogP contribution < -0.4 is 5.32 Å². The molecule has 3 aromatic rings. The Kier molecular flexibility index (Phi) is 3.64. The molecule has 0 aliphatic carbocycles. The van der Waals surface area contributed by atoms with Gasteiger partial charge in [0.1, 0.15) is 0 Å². The monoisotopic (exact) mass is 262 g/mol. The number of para-hydroxylation sites is 1. The standard InChI is InChI=1S/C18H18N2/c1-2-14-7-3-4-8-15(14)13-20-18-11-12-19-17-10-6-5-9-16(17)18/h3-12H,2,13H2,1H3,(H,19,20). The predicted octanol–water partition coefficient (Wildman–Crippen LogP) is 4.41. The van der Waals surface area contributed by atoms with Crippen LogP contribution >= 0.6 is 0 Å². The molecule has 0 aliphatic heterocycles. The molecule has 100 valence electrons. The van der Waals surface area contributed by atoms with Gasteiger partial charge in [-0.3, -0.25) is 4.98 Å². The number of nitrogens with zero attached hydrogens (tertiary/aromatic N) is 1. The molecule has 2 nitrogen and oxygen atoms in total. The molecule has 0 amide bonds. The molecule has 0 atom stereocenters. The van der Waals surface area contributed by atoms with Crippen LogP contribution in [0.15, 0.2) is 60.8 Å². The normalized spacial score (nSPS) is 10.7. The van der Waals surface area contributed by atoms with Gasteiger partial charge in [0.25, 0.3) is 0 Å². The molecule has 0 saturated carbocycles. The molecule has 2 aromatic carbocycles. The van der Waals surface area contributed by atoms with Crippen LogP contribution in [0.5, 0.6) is 0 Å². The highest BCUT2D eigenvalue weighted by atomic mass is 14.9. The predicted molar refractivity (Wildman–Crippen MR) is 84.9 cm³/mol. The lowest BCUT2D eigenvalue weighted by Gasteiger charge is -2.12. The van der Waals surface area contributed by atoms with Gasteiger partial charge in [-0.2, -0.15) is 0 Å². The number of fused-ring (bicyclic) bond motifs is 1. The smallest absolute Gasteiger partial charge is 0.0722 e. The first kappa shape index (κ1) is 12.7. The zero-order valence-electron chi connectivity index (χ0n) is 11.6. The van der Waals surface area contributed by atoms with E-state index in [1.807, 2.05) is 24.4 Å². The molecule has 0 fully saturated rings. The van der Waals surface area contributed by atoms with Crippen LogP contribution in [0, 0.1) is 0 Å². The number of aromatic nitrogens is 1. The molecule has 0 saturated heterocycles. The van der Waals surface area contributed by atoms with Crippen LogP contribution in [0.1, 0.15) is 18.1 Å². The summed E-state index contributed by atoms with van der Waals surface area (Å²) in [5.41, 5.74) is 4.93. The lowest BCUT2D eigenvalue weighted by molar-refractivity contribution is 1.04. The van der Waals surface area contributed by atoms with Gasteiger partial charge < -0.3 is 5.32 Å². The van der Waals surface area contributed by atoms with Crippen molar-refractivity contribution in [2.45, 2.75) is 19.9 Å². The fourth-order valence-corrected chi connectivity index (χ4v) is 2.52. The van der Waals surface area contributed by atoms with Crippen molar-refractivity contribution in [3.8, 4) is 0 Å². The third kappa shape index (κ3) is 2.50. The maximum absolute atomic E-state index is 4.39. The Morgan fingerprint density at radius 1 is 0.900 bits per heavy atom. The Bertz CT molecular complexity index is 714. The van der Waals surface area contributed by atoms with Crippen LogP contribution in [0.25, 0.3) is 10.9 Å². The first-order chi connectivity index (χ1) is 9.88. The number of hydrogen-bond donors (Lipinski definition) is 1. The van der Waals surface area contributed by atoms with Crippen molar-refractivity contribution in [1.82, 2.24) is 4.98 Å². The van der Waals surface area contributed by atoms with Crippen molar-refractivity contribution in [3.05, 3.63) is 71.9 Å². The second-order valence-corrected chi connectivity index (χ2v) is 4.85. The first-order valence-corrected chi connectivity index (χ1v) is 7.03. The highest BCUT2D eigenvalue weighted by molar-refractivity contribution is 5.90. The van der Waals surface area contributed by atoms with E-state index in [0.717, 1.165) is 24.2 Å². The van der Waals surface area contributed by atoms with Crippen molar-refractivity contribution >= 4 is 16.6 Å². The van der Waals surface area contributed by atoms with Gasteiger partial charge in [-0.05, 0) is 29.7 Å². The van der Waals surface area contributed by atoms with Gasteiger partial charge in [-0.25, -0.2) is 0 Å². The van der Waals surface area contributed by atoms with Crippen molar-refractivity contribution in [1.29, 1.82) is 0 Å². The van der Waals surface area contributed by atoms with Gasteiger partial charge in [0.15, 0.2) is 0 Å². The summed E-state index contributed by atoms with van der Waals surface area (Å²) in [4.78, 5) is 4.39. The van der Waals surface area contributed by atoms with E-state index in [4.69, 9.17) is 0 Å². The summed E-state index contributed by atoms with van der Waals surface area (Å²) in [5, 5.41) is 4.71. The maximum Gasteiger partial charge on any atom is 0.0722 e. The van der Waals surface area contributed by atoms with Crippen LogP contribution in [-0.2, 0) is 13.0 Å². The van der Waals surface area contributed by atoms with Gasteiger partial charge in [0, 0.05) is 23.8 Å². The molecule has 0 bridgehead atoms. The average molecular weight is 262 g/mol. The topological polar surface area (TPSA) is 24.9 Å². The minimum absolute atomic E-state index is 0.845. The number of anilines is 1. The third-order valence-corrected chi connectivity index (χ3v) is 3.62. The highest BCUT2D eigenvalue weighted by Gasteiger charge is 2.03. The molecule has 20 heavy (non-hydrogen) atoms. The molecule has 3 rings (SSSR count). The van der Waals surface area contributed by atoms with E-state index < -0.39 is 0 Å². The molecule has 0 aliphatic rings. The van der Waals surface area contributed by atoms with Crippen LogP contribution in [0.2, 0.25) is 0 Å². The van der Waals surface area contributed by atoms with Crippen LogP contribution in [0.3, 0.4) is 0 Å². The minimum Gasteiger partial charge on any atom is -0.380 e. The second kappa shape index (κ2) is 5.74. The Balaban J connectivity index is 1.87. The van der Waals surface area contributed by atoms with E-state index in [1.54, 1.807) is 0 Å². The zero-order valence-corrected chi connectivity index (χ0v) is 11.6. The van der Waals surface area contributed by atoms with Crippen LogP contribution in [-0.4, -0.2) is 4.98 Å². The Hall–Kier alpha value is -2.35. The quantitative estimate of drug-likeness (QED) is 0.753. The lowest BCUT2D eigenvalue weighted by Crippen LogP contribution is -2.03. The van der Waals surface area contributed by atoms with Gasteiger partial charge in [-0.1, -0.05) is 49.4 Å². The molecule has 0 radical (unpaired) electrons. The molecule has 2 heteroatoms. The van der Waals surface area contributed by atoms with Crippen molar-refractivity contribution < 1.29 is 0 Å². The van der Waals surface area contributed by atoms with E-state index in [2.05, 4.69) is 53.6 Å². The van der Waals surface area contributed by atoms with E-state index in [0.29, 0.717) is 0 Å². The SMILES string of the molecule is CCc1ccccc1CNc1ccnc2ccccc12. The lowest BCUT2D eigenvalue weighted by atomic mass is 10.1. The van der Waals surface area contributed by atoms with Gasteiger partial charge in [-0.15, -0.1) is 0 Å². The molecule has 1 N–H and O–H groups in total. The molecule has 1 aromatic heterocycles. The third-order valence-electron chi connectivity index (χ3n) is 3.62. The highest BCUT2D eigenvalue weighted by Crippen LogP contribution is 2.22. The van der Waals surface area contributed by atoms with Crippen molar-refractivity contribution in [3.63, 3.8) is 0 Å². The maximum atomic E-state index is 4.39. The Morgan fingerprint density at radius 2 is 1.65 bits per heavy atom. The van der Waals surface area contributed by atoms with E-state index in [1.165, 1.54) is 16.5 Å².